The van der Waals surface area contributed by atoms with Crippen LogP contribution in [0.15, 0.2) is 0 Å². The summed E-state index contributed by atoms with van der Waals surface area (Å²) in [6.07, 6.45) is 1.63. The highest BCUT2D eigenvalue weighted by Gasteiger charge is 2.46. The van der Waals surface area contributed by atoms with Crippen molar-refractivity contribution in [2.75, 3.05) is 11.5 Å². The van der Waals surface area contributed by atoms with Gasteiger partial charge in [0.1, 0.15) is 4.08 Å². The van der Waals surface area contributed by atoms with Crippen molar-refractivity contribution in [1.29, 1.82) is 0 Å². The number of carbonyl (C=O) groups is 1. The molecule has 3 atom stereocenters. The van der Waals surface area contributed by atoms with Crippen molar-refractivity contribution in [2.45, 2.75) is 35.6 Å². The van der Waals surface area contributed by atoms with E-state index in [0.717, 1.165) is 12.2 Å². The lowest BCUT2D eigenvalue weighted by Crippen LogP contribution is -2.46. The van der Waals surface area contributed by atoms with Crippen molar-refractivity contribution >= 4 is 44.3 Å². The van der Waals surface area contributed by atoms with Gasteiger partial charge in [0.25, 0.3) is 0 Å². The van der Waals surface area contributed by atoms with E-state index >= 15 is 0 Å². The van der Waals surface area contributed by atoms with Gasteiger partial charge in [0.05, 0.1) is 4.83 Å². The lowest BCUT2D eigenvalue weighted by molar-refractivity contribution is -0.118. The van der Waals surface area contributed by atoms with Crippen molar-refractivity contribution in [1.82, 2.24) is 0 Å². The van der Waals surface area contributed by atoms with Crippen LogP contribution in [0.25, 0.3) is 0 Å². The Morgan fingerprint density at radius 1 is 1.71 bits per heavy atom. The van der Waals surface area contributed by atoms with Crippen LogP contribution in [0.5, 0.6) is 0 Å². The predicted molar refractivity (Wildman–Crippen MR) is 66.5 cm³/mol. The van der Waals surface area contributed by atoms with Gasteiger partial charge >= 0.3 is 0 Å². The zero-order valence-electron chi connectivity index (χ0n) is 8.42. The van der Waals surface area contributed by atoms with Crippen molar-refractivity contribution in [2.24, 2.45) is 0 Å². The van der Waals surface area contributed by atoms with Gasteiger partial charge in [-0.3, -0.25) is 9.00 Å². The first kappa shape index (κ1) is 12.7. The first-order valence-corrected chi connectivity index (χ1v) is 7.97. The lowest BCUT2D eigenvalue weighted by atomic mass is 10.2. The highest BCUT2D eigenvalue weighted by Crippen LogP contribution is 2.39. The highest BCUT2D eigenvalue weighted by atomic mass is 79.9. The quantitative estimate of drug-likeness (QED) is 0.750. The average Bonchev–Trinajstić information content (AvgIpc) is 2.18. The zero-order chi connectivity index (χ0) is 10.8. The van der Waals surface area contributed by atoms with Crippen LogP contribution in [0.4, 0.5) is 0 Å². The number of hydrogen-bond donors (Lipinski definition) is 0. The highest BCUT2D eigenvalue weighted by molar-refractivity contribution is 9.10. The van der Waals surface area contributed by atoms with Gasteiger partial charge in [-0.15, -0.1) is 11.8 Å². The first-order chi connectivity index (χ1) is 6.54. The van der Waals surface area contributed by atoms with Crippen molar-refractivity contribution in [3.8, 4) is 0 Å². The summed E-state index contributed by atoms with van der Waals surface area (Å²) < 4.78 is 11.3. The maximum atomic E-state index is 12.0. The second kappa shape index (κ2) is 5.12. The third-order valence-electron chi connectivity index (χ3n) is 2.38. The molecule has 0 aromatic carbocycles. The molecule has 0 aromatic rings. The maximum Gasteiger partial charge on any atom is 0.174 e. The van der Waals surface area contributed by atoms with Gasteiger partial charge in [-0.25, -0.2) is 0 Å². The van der Waals surface area contributed by atoms with Crippen LogP contribution in [-0.4, -0.2) is 30.4 Å². The Bertz CT molecular complexity index is 255. The summed E-state index contributed by atoms with van der Waals surface area (Å²) >= 11 is 4.86. The third-order valence-corrected chi connectivity index (χ3v) is 7.04. The maximum absolute atomic E-state index is 12.0. The molecule has 0 N–H and O–H groups in total. The lowest BCUT2D eigenvalue weighted by Gasteiger charge is -2.34. The first-order valence-electron chi connectivity index (χ1n) is 4.75. The molecule has 1 aliphatic rings. The standard InChI is InChI=1S/C9H15BrO2S2/c1-3-9(8(11)7(2)10)13-5-4-6-14(9)12/h7H,3-6H2,1-2H3/t7-,9+,14-/m1/s1. The van der Waals surface area contributed by atoms with E-state index in [1.54, 1.807) is 11.8 Å². The monoisotopic (exact) mass is 298 g/mol. The Balaban J connectivity index is 2.94. The summed E-state index contributed by atoms with van der Waals surface area (Å²) in [5, 5.41) is 0. The van der Waals surface area contributed by atoms with Crippen molar-refractivity contribution in [3.63, 3.8) is 0 Å². The van der Waals surface area contributed by atoms with E-state index in [1.807, 2.05) is 13.8 Å². The second-order valence-electron chi connectivity index (χ2n) is 3.34. The van der Waals surface area contributed by atoms with E-state index in [0.29, 0.717) is 12.2 Å². The van der Waals surface area contributed by atoms with Crippen LogP contribution in [0.3, 0.4) is 0 Å². The summed E-state index contributed by atoms with van der Waals surface area (Å²) in [7, 11) is -1.00. The van der Waals surface area contributed by atoms with Crippen LogP contribution in [-0.2, 0) is 15.6 Å². The largest absolute Gasteiger partial charge is 0.296 e. The summed E-state index contributed by atoms with van der Waals surface area (Å²) in [4.78, 5) is 11.8. The van der Waals surface area contributed by atoms with Gasteiger partial charge in [0.15, 0.2) is 5.78 Å². The molecule has 5 heteroatoms. The molecular formula is C9H15BrO2S2. The zero-order valence-corrected chi connectivity index (χ0v) is 11.6. The molecule has 0 bridgehead atoms. The fourth-order valence-electron chi connectivity index (χ4n) is 1.58. The minimum Gasteiger partial charge on any atom is -0.296 e. The van der Waals surface area contributed by atoms with Crippen molar-refractivity contribution < 1.29 is 9.00 Å². The van der Waals surface area contributed by atoms with Gasteiger partial charge in [-0.05, 0) is 25.5 Å². The summed E-state index contributed by atoms with van der Waals surface area (Å²) in [6, 6.07) is 0. The number of carbonyl (C=O) groups excluding carboxylic acids is 1. The normalized spacial score (nSPS) is 35.2. The number of Topliss-reactive ketones (excluding diaryl/α,β-unsaturated/α-hetero) is 1. The van der Waals surface area contributed by atoms with Gasteiger partial charge in [-0.1, -0.05) is 22.9 Å². The number of hydrogen-bond acceptors (Lipinski definition) is 3. The number of rotatable bonds is 3. The van der Waals surface area contributed by atoms with Crippen LogP contribution >= 0.6 is 27.7 Å². The molecule has 1 rings (SSSR count). The predicted octanol–water partition coefficient (Wildman–Crippen LogP) is 2.33. The molecule has 0 radical (unpaired) electrons. The number of alkyl halides is 1. The van der Waals surface area contributed by atoms with Crippen molar-refractivity contribution in [3.05, 3.63) is 0 Å². The Morgan fingerprint density at radius 3 is 2.79 bits per heavy atom. The van der Waals surface area contributed by atoms with Crippen LogP contribution in [0.2, 0.25) is 0 Å². The topological polar surface area (TPSA) is 34.1 Å². The Morgan fingerprint density at radius 2 is 2.36 bits per heavy atom. The molecule has 2 nitrogen and oxygen atoms in total. The van der Waals surface area contributed by atoms with E-state index in [4.69, 9.17) is 0 Å². The minimum absolute atomic E-state index is 0.0861. The Labute approximate surface area is 100 Å². The Kier molecular flexibility index (Phi) is 4.65. The van der Waals surface area contributed by atoms with Crippen LogP contribution in [0.1, 0.15) is 26.7 Å². The number of ketones is 1. The van der Waals surface area contributed by atoms with Gasteiger partial charge < -0.3 is 0 Å². The molecule has 1 saturated heterocycles. The molecule has 0 amide bonds. The van der Waals surface area contributed by atoms with E-state index in [2.05, 4.69) is 15.9 Å². The molecule has 82 valence electrons. The molecule has 14 heavy (non-hydrogen) atoms. The fraction of sp³-hybridized carbons (Fsp3) is 0.889. The van der Waals surface area contributed by atoms with E-state index in [1.165, 1.54) is 0 Å². The number of halogens is 1. The minimum atomic E-state index is -1.00. The molecule has 0 unspecified atom stereocenters. The SMILES string of the molecule is CC[C@]1(C(=O)[C@@H](C)Br)SCCC[S@]1=O. The smallest absolute Gasteiger partial charge is 0.174 e. The van der Waals surface area contributed by atoms with Crippen LogP contribution in [0, 0.1) is 0 Å². The molecule has 0 aromatic heterocycles. The summed E-state index contributed by atoms with van der Waals surface area (Å²) in [5.74, 6) is 1.71. The van der Waals surface area contributed by atoms with Gasteiger partial charge in [0.2, 0.25) is 0 Å². The number of thioether (sulfide) groups is 1. The molecule has 1 aliphatic heterocycles. The average molecular weight is 299 g/mol. The second-order valence-corrected chi connectivity index (χ2v) is 8.16. The molecule has 0 spiro atoms. The van der Waals surface area contributed by atoms with Gasteiger partial charge in [0, 0.05) is 16.6 Å². The fourth-order valence-corrected chi connectivity index (χ4v) is 6.08. The van der Waals surface area contributed by atoms with E-state index in [9.17, 15) is 9.00 Å². The van der Waals surface area contributed by atoms with E-state index < -0.39 is 14.9 Å². The van der Waals surface area contributed by atoms with E-state index in [-0.39, 0.29) is 10.6 Å². The summed E-state index contributed by atoms with van der Waals surface area (Å²) in [6.45, 7) is 3.76. The molecule has 1 heterocycles. The molecule has 1 fully saturated rings. The molecule has 0 saturated carbocycles. The van der Waals surface area contributed by atoms with Gasteiger partial charge in [-0.2, -0.15) is 0 Å². The molecule has 0 aliphatic carbocycles. The molecular weight excluding hydrogens is 284 g/mol. The third kappa shape index (κ3) is 2.25. The Hall–Kier alpha value is 0.650. The summed E-state index contributed by atoms with van der Waals surface area (Å²) in [5.41, 5.74) is 0. The van der Waals surface area contributed by atoms with Crippen LogP contribution < -0.4 is 0 Å².